The maximum Gasteiger partial charge on any atom is 0.211 e. The van der Waals surface area contributed by atoms with Crippen LogP contribution in [-0.2, 0) is 0 Å². The Kier molecular flexibility index (Phi) is 1.34. The lowest BCUT2D eigenvalue weighted by atomic mass is 9.96. The molecule has 0 aliphatic heterocycles. The number of ether oxygens (including phenoxy) is 1. The standard InChI is InChI=1S/C7H10N2O/c1-2-6(3-1)10-7-4-8-5-9-7/h4-6H,1-3H2,(H,8,9). The molecular formula is C7H10N2O. The molecule has 10 heavy (non-hydrogen) atoms. The van der Waals surface area contributed by atoms with E-state index < -0.39 is 0 Å². The molecular weight excluding hydrogens is 128 g/mol. The van der Waals surface area contributed by atoms with Crippen molar-refractivity contribution in [3.05, 3.63) is 12.5 Å². The van der Waals surface area contributed by atoms with Gasteiger partial charge in [-0.15, -0.1) is 0 Å². The van der Waals surface area contributed by atoms with Crippen LogP contribution in [0, 0.1) is 0 Å². The summed E-state index contributed by atoms with van der Waals surface area (Å²) in [7, 11) is 0. The third-order valence-corrected chi connectivity index (χ3v) is 1.82. The molecule has 0 unspecified atom stereocenters. The molecule has 3 heteroatoms. The van der Waals surface area contributed by atoms with E-state index in [9.17, 15) is 0 Å². The van der Waals surface area contributed by atoms with Crippen molar-refractivity contribution in [2.75, 3.05) is 0 Å². The van der Waals surface area contributed by atoms with E-state index in [0.717, 1.165) is 5.88 Å². The monoisotopic (exact) mass is 138 g/mol. The van der Waals surface area contributed by atoms with Gasteiger partial charge in [-0.1, -0.05) is 0 Å². The van der Waals surface area contributed by atoms with Crippen molar-refractivity contribution in [2.45, 2.75) is 25.4 Å². The SMILES string of the molecule is c1ncc(OC2CCC2)[nH]1. The quantitative estimate of drug-likeness (QED) is 0.669. The molecule has 0 atom stereocenters. The summed E-state index contributed by atoms with van der Waals surface area (Å²) >= 11 is 0. The summed E-state index contributed by atoms with van der Waals surface area (Å²) in [6.45, 7) is 0. The van der Waals surface area contributed by atoms with Gasteiger partial charge in [-0.2, -0.15) is 0 Å². The van der Waals surface area contributed by atoms with E-state index in [2.05, 4.69) is 9.97 Å². The first-order chi connectivity index (χ1) is 4.95. The predicted octanol–water partition coefficient (Wildman–Crippen LogP) is 1.34. The Balaban J connectivity index is 1.90. The average molecular weight is 138 g/mol. The Labute approximate surface area is 59.4 Å². The Morgan fingerprint density at radius 2 is 2.50 bits per heavy atom. The number of rotatable bonds is 2. The molecule has 1 aliphatic rings. The van der Waals surface area contributed by atoms with Gasteiger partial charge in [-0.05, 0) is 19.3 Å². The van der Waals surface area contributed by atoms with Gasteiger partial charge in [-0.3, -0.25) is 0 Å². The molecule has 1 heterocycles. The summed E-state index contributed by atoms with van der Waals surface area (Å²) in [5.41, 5.74) is 0. The first-order valence-corrected chi connectivity index (χ1v) is 3.60. The predicted molar refractivity (Wildman–Crippen MR) is 36.9 cm³/mol. The van der Waals surface area contributed by atoms with Crippen LogP contribution in [0.5, 0.6) is 5.88 Å². The lowest BCUT2D eigenvalue weighted by Gasteiger charge is -2.24. The number of hydrogen-bond donors (Lipinski definition) is 1. The molecule has 54 valence electrons. The third-order valence-electron chi connectivity index (χ3n) is 1.82. The van der Waals surface area contributed by atoms with Gasteiger partial charge in [0.25, 0.3) is 0 Å². The van der Waals surface area contributed by atoms with Crippen molar-refractivity contribution in [1.29, 1.82) is 0 Å². The van der Waals surface area contributed by atoms with E-state index in [1.165, 1.54) is 19.3 Å². The van der Waals surface area contributed by atoms with E-state index >= 15 is 0 Å². The molecule has 1 aliphatic carbocycles. The number of imidazole rings is 1. The van der Waals surface area contributed by atoms with E-state index in [-0.39, 0.29) is 0 Å². The van der Waals surface area contributed by atoms with Crippen molar-refractivity contribution < 1.29 is 4.74 Å². The van der Waals surface area contributed by atoms with E-state index in [4.69, 9.17) is 4.74 Å². The summed E-state index contributed by atoms with van der Waals surface area (Å²) in [6, 6.07) is 0. The van der Waals surface area contributed by atoms with Gasteiger partial charge in [-0.25, -0.2) is 4.98 Å². The second-order valence-corrected chi connectivity index (χ2v) is 2.59. The lowest BCUT2D eigenvalue weighted by molar-refractivity contribution is 0.115. The van der Waals surface area contributed by atoms with Crippen molar-refractivity contribution in [1.82, 2.24) is 9.97 Å². The van der Waals surface area contributed by atoms with Gasteiger partial charge in [0.15, 0.2) is 0 Å². The van der Waals surface area contributed by atoms with Crippen LogP contribution >= 0.6 is 0 Å². The van der Waals surface area contributed by atoms with E-state index in [0.29, 0.717) is 6.10 Å². The van der Waals surface area contributed by atoms with Crippen molar-refractivity contribution in [2.24, 2.45) is 0 Å². The molecule has 1 fully saturated rings. The highest BCUT2D eigenvalue weighted by Crippen LogP contribution is 2.23. The van der Waals surface area contributed by atoms with Gasteiger partial charge >= 0.3 is 0 Å². The normalized spacial score (nSPS) is 18.4. The highest BCUT2D eigenvalue weighted by molar-refractivity contribution is 5.02. The lowest BCUT2D eigenvalue weighted by Crippen LogP contribution is -2.24. The number of H-pyrrole nitrogens is 1. The van der Waals surface area contributed by atoms with Crippen LogP contribution in [0.4, 0.5) is 0 Å². The summed E-state index contributed by atoms with van der Waals surface area (Å²) in [4.78, 5) is 6.76. The van der Waals surface area contributed by atoms with Gasteiger partial charge in [0.2, 0.25) is 5.88 Å². The number of nitrogens with zero attached hydrogens (tertiary/aromatic N) is 1. The first-order valence-electron chi connectivity index (χ1n) is 3.60. The first kappa shape index (κ1) is 5.77. The fourth-order valence-corrected chi connectivity index (χ4v) is 0.976. The molecule has 1 N–H and O–H groups in total. The molecule has 1 aromatic heterocycles. The van der Waals surface area contributed by atoms with Crippen molar-refractivity contribution >= 4 is 0 Å². The smallest absolute Gasteiger partial charge is 0.211 e. The maximum absolute atomic E-state index is 5.47. The Bertz CT molecular complexity index is 191. The van der Waals surface area contributed by atoms with E-state index in [1.807, 2.05) is 0 Å². The van der Waals surface area contributed by atoms with Crippen LogP contribution in [-0.4, -0.2) is 16.1 Å². The molecule has 1 aromatic rings. The largest absolute Gasteiger partial charge is 0.475 e. The summed E-state index contributed by atoms with van der Waals surface area (Å²) < 4.78 is 5.47. The molecule has 0 radical (unpaired) electrons. The highest BCUT2D eigenvalue weighted by atomic mass is 16.5. The second kappa shape index (κ2) is 2.33. The second-order valence-electron chi connectivity index (χ2n) is 2.59. The topological polar surface area (TPSA) is 37.9 Å². The Hall–Kier alpha value is -0.990. The number of hydrogen-bond acceptors (Lipinski definition) is 2. The van der Waals surface area contributed by atoms with Gasteiger partial charge in [0.05, 0.1) is 12.5 Å². The minimum atomic E-state index is 0.445. The average Bonchev–Trinajstić information content (AvgIpc) is 2.29. The summed E-state index contributed by atoms with van der Waals surface area (Å²) in [5, 5.41) is 0. The minimum absolute atomic E-state index is 0.445. The molecule has 1 saturated carbocycles. The fraction of sp³-hybridized carbons (Fsp3) is 0.571. The fourth-order valence-electron chi connectivity index (χ4n) is 0.976. The van der Waals surface area contributed by atoms with Crippen LogP contribution in [0.3, 0.4) is 0 Å². The maximum atomic E-state index is 5.47. The van der Waals surface area contributed by atoms with Crippen LogP contribution in [0.25, 0.3) is 0 Å². The molecule has 2 rings (SSSR count). The van der Waals surface area contributed by atoms with Crippen LogP contribution in [0.15, 0.2) is 12.5 Å². The van der Waals surface area contributed by atoms with Crippen LogP contribution < -0.4 is 4.74 Å². The molecule has 3 nitrogen and oxygen atoms in total. The van der Waals surface area contributed by atoms with Crippen molar-refractivity contribution in [3.63, 3.8) is 0 Å². The van der Waals surface area contributed by atoms with Crippen molar-refractivity contribution in [3.8, 4) is 5.88 Å². The Morgan fingerprint density at radius 1 is 1.60 bits per heavy atom. The highest BCUT2D eigenvalue weighted by Gasteiger charge is 2.19. The van der Waals surface area contributed by atoms with Crippen LogP contribution in [0.1, 0.15) is 19.3 Å². The molecule has 0 amide bonds. The minimum Gasteiger partial charge on any atom is -0.475 e. The summed E-state index contributed by atoms with van der Waals surface area (Å²) in [6.07, 6.45) is 7.48. The molecule has 0 spiro atoms. The van der Waals surface area contributed by atoms with E-state index in [1.54, 1.807) is 12.5 Å². The zero-order valence-corrected chi connectivity index (χ0v) is 5.71. The molecule has 0 bridgehead atoms. The van der Waals surface area contributed by atoms with Gasteiger partial charge in [0.1, 0.15) is 6.10 Å². The van der Waals surface area contributed by atoms with Gasteiger partial charge in [0, 0.05) is 0 Å². The molecule has 0 aromatic carbocycles. The Morgan fingerprint density at radius 3 is 3.00 bits per heavy atom. The van der Waals surface area contributed by atoms with Gasteiger partial charge < -0.3 is 9.72 Å². The molecule has 0 saturated heterocycles. The number of nitrogens with one attached hydrogen (secondary N) is 1. The number of aromatic nitrogens is 2. The summed E-state index contributed by atoms with van der Waals surface area (Å²) in [5.74, 6) is 0.796. The zero-order valence-electron chi connectivity index (χ0n) is 5.71. The number of aromatic amines is 1. The zero-order chi connectivity index (χ0) is 6.81. The third kappa shape index (κ3) is 0.988. The van der Waals surface area contributed by atoms with Crippen LogP contribution in [0.2, 0.25) is 0 Å².